The maximum atomic E-state index is 11.9. The molecule has 0 bridgehead atoms. The standard InChI is InChI=1S/C14H17NO4/c1-3-11-9(2)7-13(19-11)14(17)15-8-10(16)12-5-4-6-18-12/h4-7,10,16H,3,8H2,1-2H3,(H,15,17). The third-order valence-electron chi connectivity index (χ3n) is 2.89. The lowest BCUT2D eigenvalue weighted by Crippen LogP contribution is -2.27. The first kappa shape index (κ1) is 13.4. The summed E-state index contributed by atoms with van der Waals surface area (Å²) < 4.78 is 10.5. The zero-order valence-electron chi connectivity index (χ0n) is 11.0. The summed E-state index contributed by atoms with van der Waals surface area (Å²) in [6, 6.07) is 5.04. The summed E-state index contributed by atoms with van der Waals surface area (Å²) in [7, 11) is 0. The quantitative estimate of drug-likeness (QED) is 0.867. The molecule has 1 amide bonds. The summed E-state index contributed by atoms with van der Waals surface area (Å²) in [6.45, 7) is 3.94. The van der Waals surface area contributed by atoms with E-state index in [9.17, 15) is 9.90 Å². The van der Waals surface area contributed by atoms with Crippen LogP contribution in [0.5, 0.6) is 0 Å². The molecule has 0 radical (unpaired) electrons. The molecule has 0 fully saturated rings. The summed E-state index contributed by atoms with van der Waals surface area (Å²) >= 11 is 0. The SMILES string of the molecule is CCc1oc(C(=O)NCC(O)c2ccco2)cc1C. The van der Waals surface area contributed by atoms with Crippen molar-refractivity contribution in [1.82, 2.24) is 5.32 Å². The zero-order chi connectivity index (χ0) is 13.8. The highest BCUT2D eigenvalue weighted by molar-refractivity contribution is 5.91. The first-order valence-electron chi connectivity index (χ1n) is 6.20. The molecule has 5 heteroatoms. The Morgan fingerprint density at radius 3 is 2.89 bits per heavy atom. The summed E-state index contributed by atoms with van der Waals surface area (Å²) in [5.41, 5.74) is 0.958. The second-order valence-electron chi connectivity index (χ2n) is 4.31. The van der Waals surface area contributed by atoms with E-state index in [0.717, 1.165) is 17.7 Å². The summed E-state index contributed by atoms with van der Waals surface area (Å²) in [5.74, 6) is 1.15. The Hall–Kier alpha value is -2.01. The van der Waals surface area contributed by atoms with Crippen LogP contribution in [0.2, 0.25) is 0 Å². The highest BCUT2D eigenvalue weighted by Crippen LogP contribution is 2.16. The first-order valence-corrected chi connectivity index (χ1v) is 6.20. The molecule has 0 saturated heterocycles. The van der Waals surface area contributed by atoms with E-state index in [1.807, 2.05) is 13.8 Å². The van der Waals surface area contributed by atoms with E-state index in [-0.39, 0.29) is 18.2 Å². The number of rotatable bonds is 5. The lowest BCUT2D eigenvalue weighted by Gasteiger charge is -2.08. The minimum atomic E-state index is -0.861. The van der Waals surface area contributed by atoms with Crippen LogP contribution < -0.4 is 5.32 Å². The Bertz CT molecular complexity index is 542. The fourth-order valence-electron chi connectivity index (χ4n) is 1.84. The van der Waals surface area contributed by atoms with E-state index in [1.165, 1.54) is 6.26 Å². The molecular weight excluding hydrogens is 246 g/mol. The van der Waals surface area contributed by atoms with E-state index < -0.39 is 6.10 Å². The second kappa shape index (κ2) is 5.75. The minimum absolute atomic E-state index is 0.0769. The molecule has 0 aliphatic heterocycles. The number of amides is 1. The second-order valence-corrected chi connectivity index (χ2v) is 4.31. The molecule has 2 heterocycles. The molecule has 0 aliphatic carbocycles. The molecule has 0 spiro atoms. The summed E-state index contributed by atoms with van der Waals surface area (Å²) in [4.78, 5) is 11.9. The van der Waals surface area contributed by atoms with Crippen LogP contribution in [0.1, 0.15) is 40.7 Å². The molecule has 2 aromatic rings. The fraction of sp³-hybridized carbons (Fsp3) is 0.357. The van der Waals surface area contributed by atoms with E-state index >= 15 is 0 Å². The lowest BCUT2D eigenvalue weighted by atomic mass is 10.2. The molecule has 2 N–H and O–H groups in total. The van der Waals surface area contributed by atoms with Crippen LogP contribution in [0, 0.1) is 6.92 Å². The van der Waals surface area contributed by atoms with Crippen molar-refractivity contribution in [1.29, 1.82) is 0 Å². The molecule has 1 unspecified atom stereocenters. The van der Waals surface area contributed by atoms with Gasteiger partial charge in [0.25, 0.3) is 5.91 Å². The van der Waals surface area contributed by atoms with Gasteiger partial charge in [0.05, 0.1) is 12.8 Å². The van der Waals surface area contributed by atoms with Crippen molar-refractivity contribution >= 4 is 5.91 Å². The number of furan rings is 2. The average molecular weight is 263 g/mol. The maximum Gasteiger partial charge on any atom is 0.287 e. The first-order chi connectivity index (χ1) is 9.11. The fourth-order valence-corrected chi connectivity index (χ4v) is 1.84. The van der Waals surface area contributed by atoms with E-state index in [2.05, 4.69) is 5.32 Å². The lowest BCUT2D eigenvalue weighted by molar-refractivity contribution is 0.0873. The molecule has 1 atom stereocenters. The average Bonchev–Trinajstić information content (AvgIpc) is 3.04. The zero-order valence-corrected chi connectivity index (χ0v) is 11.0. The Morgan fingerprint density at radius 1 is 1.53 bits per heavy atom. The van der Waals surface area contributed by atoms with Crippen LogP contribution >= 0.6 is 0 Å². The number of hydrogen-bond donors (Lipinski definition) is 2. The van der Waals surface area contributed by atoms with Gasteiger partial charge in [-0.15, -0.1) is 0 Å². The van der Waals surface area contributed by atoms with Crippen molar-refractivity contribution in [3.8, 4) is 0 Å². The number of carbonyl (C=O) groups is 1. The number of hydrogen-bond acceptors (Lipinski definition) is 4. The highest BCUT2D eigenvalue weighted by atomic mass is 16.4. The molecule has 0 aliphatic rings. The van der Waals surface area contributed by atoms with Crippen molar-refractivity contribution in [2.75, 3.05) is 6.54 Å². The molecule has 19 heavy (non-hydrogen) atoms. The largest absolute Gasteiger partial charge is 0.467 e. The van der Waals surface area contributed by atoms with Crippen LogP contribution in [-0.4, -0.2) is 17.6 Å². The van der Waals surface area contributed by atoms with Crippen LogP contribution in [0.3, 0.4) is 0 Å². The molecule has 2 aromatic heterocycles. The molecular formula is C14H17NO4. The van der Waals surface area contributed by atoms with Gasteiger partial charge in [0.15, 0.2) is 5.76 Å². The molecule has 0 aromatic carbocycles. The van der Waals surface area contributed by atoms with Gasteiger partial charge in [-0.25, -0.2) is 0 Å². The van der Waals surface area contributed by atoms with Crippen molar-refractivity contribution in [2.24, 2.45) is 0 Å². The van der Waals surface area contributed by atoms with Gasteiger partial charge in [-0.1, -0.05) is 6.92 Å². The van der Waals surface area contributed by atoms with Gasteiger partial charge in [0.2, 0.25) is 0 Å². The van der Waals surface area contributed by atoms with Crippen molar-refractivity contribution < 1.29 is 18.7 Å². The van der Waals surface area contributed by atoms with Crippen molar-refractivity contribution in [3.63, 3.8) is 0 Å². The van der Waals surface area contributed by atoms with Crippen LogP contribution in [0.4, 0.5) is 0 Å². The third-order valence-corrected chi connectivity index (χ3v) is 2.89. The van der Waals surface area contributed by atoms with Gasteiger partial charge in [0, 0.05) is 6.42 Å². The molecule has 5 nitrogen and oxygen atoms in total. The monoisotopic (exact) mass is 263 g/mol. The number of aryl methyl sites for hydroxylation is 2. The van der Waals surface area contributed by atoms with Gasteiger partial charge >= 0.3 is 0 Å². The Kier molecular flexibility index (Phi) is 4.06. The van der Waals surface area contributed by atoms with Crippen LogP contribution in [0.25, 0.3) is 0 Å². The predicted octanol–water partition coefficient (Wildman–Crippen LogP) is 2.21. The Balaban J connectivity index is 1.94. The third kappa shape index (κ3) is 3.06. The number of nitrogens with one attached hydrogen (secondary N) is 1. The van der Waals surface area contributed by atoms with Gasteiger partial charge in [-0.3, -0.25) is 4.79 Å². The smallest absolute Gasteiger partial charge is 0.287 e. The van der Waals surface area contributed by atoms with E-state index in [1.54, 1.807) is 18.2 Å². The Morgan fingerprint density at radius 2 is 2.32 bits per heavy atom. The molecule has 0 saturated carbocycles. The van der Waals surface area contributed by atoms with Gasteiger partial charge in [-0.05, 0) is 30.7 Å². The number of aliphatic hydroxyl groups excluding tert-OH is 1. The Labute approximate surface area is 111 Å². The number of aliphatic hydroxyl groups is 1. The van der Waals surface area contributed by atoms with Crippen molar-refractivity contribution in [3.05, 3.63) is 47.3 Å². The van der Waals surface area contributed by atoms with Crippen molar-refractivity contribution in [2.45, 2.75) is 26.4 Å². The van der Waals surface area contributed by atoms with Crippen LogP contribution in [-0.2, 0) is 6.42 Å². The molecule has 2 rings (SSSR count). The van der Waals surface area contributed by atoms with Gasteiger partial charge in [-0.2, -0.15) is 0 Å². The van der Waals surface area contributed by atoms with Gasteiger partial charge < -0.3 is 19.3 Å². The van der Waals surface area contributed by atoms with Gasteiger partial charge in [0.1, 0.15) is 17.6 Å². The normalized spacial score (nSPS) is 12.4. The number of carbonyl (C=O) groups excluding carboxylic acids is 1. The highest BCUT2D eigenvalue weighted by Gasteiger charge is 2.16. The summed E-state index contributed by atoms with van der Waals surface area (Å²) in [6.07, 6.45) is 1.36. The van der Waals surface area contributed by atoms with Crippen LogP contribution in [0.15, 0.2) is 33.3 Å². The molecule has 102 valence electrons. The van der Waals surface area contributed by atoms with E-state index in [4.69, 9.17) is 8.83 Å². The van der Waals surface area contributed by atoms with E-state index in [0.29, 0.717) is 5.76 Å². The summed E-state index contributed by atoms with van der Waals surface area (Å²) in [5, 5.41) is 12.4. The topological polar surface area (TPSA) is 75.6 Å². The predicted molar refractivity (Wildman–Crippen MR) is 68.8 cm³/mol. The maximum absolute atomic E-state index is 11.9. The minimum Gasteiger partial charge on any atom is -0.467 e.